The summed E-state index contributed by atoms with van der Waals surface area (Å²) in [7, 11) is -2.10. The van der Waals surface area contributed by atoms with Gasteiger partial charge >= 0.3 is 0 Å². The van der Waals surface area contributed by atoms with Gasteiger partial charge in [-0.05, 0) is 75.4 Å². The summed E-state index contributed by atoms with van der Waals surface area (Å²) in [6.07, 6.45) is 0. The molecule has 2 rings (SSSR count). The molecule has 0 heterocycles. The van der Waals surface area contributed by atoms with Crippen molar-refractivity contribution in [3.05, 3.63) is 51.6 Å². The molecular formula is C19H25NO3S. The van der Waals surface area contributed by atoms with Crippen molar-refractivity contribution in [3.63, 3.8) is 0 Å². The molecule has 24 heavy (non-hydrogen) atoms. The molecule has 0 bridgehead atoms. The van der Waals surface area contributed by atoms with E-state index in [4.69, 9.17) is 4.74 Å². The summed E-state index contributed by atoms with van der Waals surface area (Å²) in [6, 6.07) is 5.72. The number of hydrogen-bond donors (Lipinski definition) is 1. The molecule has 0 amide bonds. The number of benzene rings is 2. The van der Waals surface area contributed by atoms with Crippen LogP contribution < -0.4 is 9.46 Å². The van der Waals surface area contributed by atoms with Crippen molar-refractivity contribution in [2.24, 2.45) is 0 Å². The van der Waals surface area contributed by atoms with E-state index in [1.807, 2.05) is 46.8 Å². The Kier molecular flexibility index (Phi) is 4.95. The van der Waals surface area contributed by atoms with E-state index in [0.29, 0.717) is 27.5 Å². The minimum Gasteiger partial charge on any atom is -0.496 e. The Morgan fingerprint density at radius 3 is 1.88 bits per heavy atom. The molecule has 0 aromatic heterocycles. The lowest BCUT2D eigenvalue weighted by Crippen LogP contribution is -2.18. The van der Waals surface area contributed by atoms with Crippen LogP contribution in [0.1, 0.15) is 33.4 Å². The molecule has 0 aliphatic carbocycles. The van der Waals surface area contributed by atoms with Crippen LogP contribution in [0.2, 0.25) is 0 Å². The molecule has 2 aromatic rings. The van der Waals surface area contributed by atoms with Crippen molar-refractivity contribution >= 4 is 15.7 Å². The van der Waals surface area contributed by atoms with E-state index < -0.39 is 10.0 Å². The third kappa shape index (κ3) is 3.26. The smallest absolute Gasteiger partial charge is 0.262 e. The molecule has 0 aliphatic rings. The minimum absolute atomic E-state index is 0.320. The van der Waals surface area contributed by atoms with E-state index >= 15 is 0 Å². The summed E-state index contributed by atoms with van der Waals surface area (Å²) in [4.78, 5) is 0.320. The van der Waals surface area contributed by atoms with Gasteiger partial charge in [0.2, 0.25) is 0 Å². The van der Waals surface area contributed by atoms with Gasteiger partial charge < -0.3 is 4.74 Å². The number of anilines is 1. The minimum atomic E-state index is -3.69. The maximum absolute atomic E-state index is 13.0. The van der Waals surface area contributed by atoms with E-state index in [-0.39, 0.29) is 0 Å². The van der Waals surface area contributed by atoms with Crippen LogP contribution in [0.4, 0.5) is 5.69 Å². The Labute approximate surface area is 144 Å². The third-order valence-electron chi connectivity index (χ3n) is 4.38. The number of hydrogen-bond acceptors (Lipinski definition) is 3. The number of nitrogens with one attached hydrogen (secondary N) is 1. The highest BCUT2D eigenvalue weighted by Crippen LogP contribution is 2.32. The normalized spacial score (nSPS) is 11.5. The van der Waals surface area contributed by atoms with Gasteiger partial charge in [0.25, 0.3) is 10.0 Å². The summed E-state index contributed by atoms with van der Waals surface area (Å²) >= 11 is 0. The average Bonchev–Trinajstić information content (AvgIpc) is 2.46. The van der Waals surface area contributed by atoms with Gasteiger partial charge in [0, 0.05) is 0 Å². The van der Waals surface area contributed by atoms with E-state index in [0.717, 1.165) is 22.3 Å². The van der Waals surface area contributed by atoms with E-state index in [2.05, 4.69) is 4.72 Å². The molecule has 2 aromatic carbocycles. The second-order valence-corrected chi connectivity index (χ2v) is 7.97. The average molecular weight is 347 g/mol. The van der Waals surface area contributed by atoms with Crippen LogP contribution in [0.5, 0.6) is 5.75 Å². The summed E-state index contributed by atoms with van der Waals surface area (Å²) < 4.78 is 34.2. The highest BCUT2D eigenvalue weighted by molar-refractivity contribution is 7.92. The molecule has 130 valence electrons. The molecule has 0 saturated heterocycles. The van der Waals surface area contributed by atoms with E-state index in [1.54, 1.807) is 20.1 Å². The summed E-state index contributed by atoms with van der Waals surface area (Å²) in [5, 5.41) is 0. The van der Waals surface area contributed by atoms with Crippen molar-refractivity contribution < 1.29 is 13.2 Å². The van der Waals surface area contributed by atoms with Gasteiger partial charge in [0.15, 0.2) is 0 Å². The maximum Gasteiger partial charge on any atom is 0.262 e. The quantitative estimate of drug-likeness (QED) is 0.895. The zero-order valence-electron chi connectivity index (χ0n) is 15.4. The third-order valence-corrected chi connectivity index (χ3v) is 6.02. The second-order valence-electron chi connectivity index (χ2n) is 6.35. The lowest BCUT2D eigenvalue weighted by Gasteiger charge is -2.19. The van der Waals surface area contributed by atoms with Crippen molar-refractivity contribution in [2.45, 2.75) is 46.4 Å². The molecule has 0 radical (unpaired) electrons. The van der Waals surface area contributed by atoms with Crippen LogP contribution in [0.3, 0.4) is 0 Å². The Morgan fingerprint density at radius 2 is 1.38 bits per heavy atom. The summed E-state index contributed by atoms with van der Waals surface area (Å²) in [6.45, 7) is 11.3. The SMILES string of the molecule is COc1cc(C)c(S(=O)(=O)Nc2c(C)cc(C)cc2C)c(C)c1C. The van der Waals surface area contributed by atoms with Gasteiger partial charge in [-0.1, -0.05) is 17.7 Å². The van der Waals surface area contributed by atoms with Crippen LogP contribution in [0.15, 0.2) is 23.1 Å². The molecule has 0 aliphatic heterocycles. The zero-order valence-corrected chi connectivity index (χ0v) is 16.2. The monoisotopic (exact) mass is 347 g/mol. The first-order valence-electron chi connectivity index (χ1n) is 7.84. The first-order valence-corrected chi connectivity index (χ1v) is 9.32. The summed E-state index contributed by atoms with van der Waals surface area (Å²) in [5.41, 5.74) is 5.80. The topological polar surface area (TPSA) is 55.4 Å². The molecule has 0 atom stereocenters. The molecule has 0 saturated carbocycles. The lowest BCUT2D eigenvalue weighted by atomic mass is 10.1. The fourth-order valence-electron chi connectivity index (χ4n) is 3.17. The van der Waals surface area contributed by atoms with E-state index in [1.165, 1.54) is 0 Å². The van der Waals surface area contributed by atoms with Crippen LogP contribution >= 0.6 is 0 Å². The number of methoxy groups -OCH3 is 1. The van der Waals surface area contributed by atoms with Gasteiger partial charge in [-0.2, -0.15) is 0 Å². The first kappa shape index (κ1) is 18.3. The van der Waals surface area contributed by atoms with Crippen LogP contribution in [0, 0.1) is 41.5 Å². The predicted octanol–water partition coefficient (Wildman–Crippen LogP) is 4.35. The molecule has 0 fully saturated rings. The second kappa shape index (κ2) is 6.48. The van der Waals surface area contributed by atoms with Gasteiger partial charge in [0.05, 0.1) is 17.7 Å². The van der Waals surface area contributed by atoms with Gasteiger partial charge in [-0.25, -0.2) is 8.42 Å². The maximum atomic E-state index is 13.0. The van der Waals surface area contributed by atoms with Crippen molar-refractivity contribution in [2.75, 3.05) is 11.8 Å². The Balaban J connectivity index is 2.60. The molecule has 4 nitrogen and oxygen atoms in total. The van der Waals surface area contributed by atoms with Crippen LogP contribution in [0.25, 0.3) is 0 Å². The standard InChI is InChI=1S/C19H25NO3S/c1-11-8-12(2)18(13(3)9-11)20-24(21,22)19-14(4)10-17(23-7)15(5)16(19)6/h8-10,20H,1-7H3. The molecule has 0 unspecified atom stereocenters. The fraction of sp³-hybridized carbons (Fsp3) is 0.368. The number of sulfonamides is 1. The fourth-order valence-corrected chi connectivity index (χ4v) is 4.90. The van der Waals surface area contributed by atoms with Gasteiger partial charge in [-0.3, -0.25) is 4.72 Å². The van der Waals surface area contributed by atoms with Crippen LogP contribution in [-0.2, 0) is 10.0 Å². The highest BCUT2D eigenvalue weighted by atomic mass is 32.2. The number of ether oxygens (including phenoxy) is 1. The van der Waals surface area contributed by atoms with Gasteiger partial charge in [-0.15, -0.1) is 0 Å². The van der Waals surface area contributed by atoms with Crippen LogP contribution in [-0.4, -0.2) is 15.5 Å². The van der Waals surface area contributed by atoms with Crippen molar-refractivity contribution in [3.8, 4) is 5.75 Å². The Hall–Kier alpha value is -2.01. The Bertz CT molecular complexity index is 876. The largest absolute Gasteiger partial charge is 0.496 e. The highest BCUT2D eigenvalue weighted by Gasteiger charge is 2.24. The molecular weight excluding hydrogens is 322 g/mol. The lowest BCUT2D eigenvalue weighted by molar-refractivity contribution is 0.410. The predicted molar refractivity (Wildman–Crippen MR) is 98.7 cm³/mol. The zero-order chi connectivity index (χ0) is 18.2. The molecule has 1 N–H and O–H groups in total. The Morgan fingerprint density at radius 1 is 0.833 bits per heavy atom. The molecule has 0 spiro atoms. The van der Waals surface area contributed by atoms with Crippen molar-refractivity contribution in [1.82, 2.24) is 0 Å². The number of aryl methyl sites for hydroxylation is 4. The van der Waals surface area contributed by atoms with Crippen molar-refractivity contribution in [1.29, 1.82) is 0 Å². The molecule has 5 heteroatoms. The van der Waals surface area contributed by atoms with Gasteiger partial charge in [0.1, 0.15) is 5.75 Å². The first-order chi connectivity index (χ1) is 11.1. The summed E-state index contributed by atoms with van der Waals surface area (Å²) in [5.74, 6) is 0.701. The van der Waals surface area contributed by atoms with E-state index in [9.17, 15) is 8.42 Å². The number of rotatable bonds is 4.